The van der Waals surface area contributed by atoms with Crippen LogP contribution in [-0.2, 0) is 6.61 Å². The van der Waals surface area contributed by atoms with E-state index in [9.17, 15) is 4.79 Å². The molecule has 2 aromatic carbocycles. The van der Waals surface area contributed by atoms with Gasteiger partial charge < -0.3 is 10.1 Å². The number of aromatic amines is 1. The first kappa shape index (κ1) is 15.7. The molecule has 0 saturated heterocycles. The van der Waals surface area contributed by atoms with Crippen molar-refractivity contribution >= 4 is 22.6 Å². The number of carbonyl (C=O) groups excluding carboxylic acids is 1. The normalized spacial score (nSPS) is 10.6. The van der Waals surface area contributed by atoms with E-state index in [1.165, 1.54) is 12.4 Å². The Labute approximate surface area is 148 Å². The smallest absolute Gasteiger partial charge is 0.274 e. The fraction of sp³-hybridized carbons (Fsp3) is 0.0556. The molecule has 0 fully saturated rings. The van der Waals surface area contributed by atoms with E-state index < -0.39 is 0 Å². The van der Waals surface area contributed by atoms with Gasteiger partial charge in [-0.2, -0.15) is 15.4 Å². The lowest BCUT2D eigenvalue weighted by atomic mass is 10.2. The maximum atomic E-state index is 12.4. The van der Waals surface area contributed by atoms with Crippen molar-refractivity contribution in [1.29, 1.82) is 0 Å². The van der Waals surface area contributed by atoms with Gasteiger partial charge in [0.1, 0.15) is 29.7 Å². The van der Waals surface area contributed by atoms with Crippen molar-refractivity contribution in [3.63, 3.8) is 0 Å². The molecule has 0 unspecified atom stereocenters. The molecular formula is C18H14N6O2. The lowest BCUT2D eigenvalue weighted by Gasteiger charge is -2.07. The Morgan fingerprint density at radius 3 is 2.73 bits per heavy atom. The lowest BCUT2D eigenvalue weighted by molar-refractivity contribution is 0.102. The summed E-state index contributed by atoms with van der Waals surface area (Å²) >= 11 is 0. The predicted octanol–water partition coefficient (Wildman–Crippen LogP) is 2.58. The molecule has 128 valence electrons. The van der Waals surface area contributed by atoms with Crippen molar-refractivity contribution in [3.05, 3.63) is 72.2 Å². The molecule has 4 rings (SSSR count). The molecule has 0 aliphatic heterocycles. The number of nitrogens with one attached hydrogen (secondary N) is 2. The van der Waals surface area contributed by atoms with Crippen LogP contribution in [0.5, 0.6) is 5.88 Å². The largest absolute Gasteiger partial charge is 0.473 e. The lowest BCUT2D eigenvalue weighted by Crippen LogP contribution is -2.14. The second-order valence-electron chi connectivity index (χ2n) is 5.50. The number of carbonyl (C=O) groups is 1. The zero-order valence-electron chi connectivity index (χ0n) is 13.6. The van der Waals surface area contributed by atoms with E-state index in [0.717, 1.165) is 11.1 Å². The monoisotopic (exact) mass is 346 g/mol. The van der Waals surface area contributed by atoms with E-state index in [1.54, 1.807) is 18.2 Å². The zero-order chi connectivity index (χ0) is 17.8. The minimum Gasteiger partial charge on any atom is -0.473 e. The number of rotatable bonds is 5. The van der Waals surface area contributed by atoms with Crippen molar-refractivity contribution in [2.45, 2.75) is 6.61 Å². The Morgan fingerprint density at radius 2 is 1.85 bits per heavy atom. The van der Waals surface area contributed by atoms with Gasteiger partial charge in [0.15, 0.2) is 0 Å². The highest BCUT2D eigenvalue weighted by Gasteiger charge is 2.11. The zero-order valence-corrected chi connectivity index (χ0v) is 13.6. The average molecular weight is 346 g/mol. The molecular weight excluding hydrogens is 332 g/mol. The fourth-order valence-corrected chi connectivity index (χ4v) is 2.39. The highest BCUT2D eigenvalue weighted by Crippen LogP contribution is 2.16. The molecule has 8 heteroatoms. The van der Waals surface area contributed by atoms with Gasteiger partial charge >= 0.3 is 0 Å². The van der Waals surface area contributed by atoms with Crippen LogP contribution >= 0.6 is 0 Å². The number of ether oxygens (including phenoxy) is 1. The SMILES string of the molecule is O=C(Nc1ccc2n[nH]nc2c1)c1cc(OCc2ccccc2)ncn1. The van der Waals surface area contributed by atoms with Gasteiger partial charge in [0.25, 0.3) is 5.91 Å². The molecule has 0 radical (unpaired) electrons. The van der Waals surface area contributed by atoms with E-state index in [-0.39, 0.29) is 11.6 Å². The highest BCUT2D eigenvalue weighted by atomic mass is 16.5. The number of H-pyrrole nitrogens is 1. The summed E-state index contributed by atoms with van der Waals surface area (Å²) in [6.07, 6.45) is 1.30. The van der Waals surface area contributed by atoms with Gasteiger partial charge in [-0.3, -0.25) is 4.79 Å². The average Bonchev–Trinajstić information content (AvgIpc) is 3.15. The van der Waals surface area contributed by atoms with Gasteiger partial charge in [-0.05, 0) is 23.8 Å². The first-order chi connectivity index (χ1) is 12.8. The van der Waals surface area contributed by atoms with E-state index in [2.05, 4.69) is 30.7 Å². The summed E-state index contributed by atoms with van der Waals surface area (Å²) in [5.41, 5.74) is 3.21. The van der Waals surface area contributed by atoms with Crippen molar-refractivity contribution in [2.24, 2.45) is 0 Å². The summed E-state index contributed by atoms with van der Waals surface area (Å²) in [6, 6.07) is 16.5. The summed E-state index contributed by atoms with van der Waals surface area (Å²) in [5.74, 6) is -0.0271. The maximum Gasteiger partial charge on any atom is 0.274 e. The molecule has 0 spiro atoms. The third kappa shape index (κ3) is 3.48. The number of hydrogen-bond acceptors (Lipinski definition) is 6. The molecule has 0 aliphatic carbocycles. The Balaban J connectivity index is 1.45. The van der Waals surface area contributed by atoms with Crippen molar-refractivity contribution in [2.75, 3.05) is 5.32 Å². The van der Waals surface area contributed by atoms with Crippen molar-refractivity contribution < 1.29 is 9.53 Å². The number of fused-ring (bicyclic) bond motifs is 1. The van der Waals surface area contributed by atoms with Crippen LogP contribution in [0.25, 0.3) is 11.0 Å². The number of aromatic nitrogens is 5. The molecule has 2 aromatic heterocycles. The molecule has 1 amide bonds. The van der Waals surface area contributed by atoms with Gasteiger partial charge in [-0.25, -0.2) is 9.97 Å². The van der Waals surface area contributed by atoms with E-state index >= 15 is 0 Å². The maximum absolute atomic E-state index is 12.4. The molecule has 26 heavy (non-hydrogen) atoms. The Hall–Kier alpha value is -3.81. The standard InChI is InChI=1S/C18H14N6O2/c25-18(21-13-6-7-14-15(8-13)23-24-22-14)16-9-17(20-11-19-16)26-10-12-4-2-1-3-5-12/h1-9,11H,10H2,(H,21,25)(H,22,23,24). The summed E-state index contributed by atoms with van der Waals surface area (Å²) in [6.45, 7) is 0.363. The number of benzene rings is 2. The first-order valence-corrected chi connectivity index (χ1v) is 7.88. The number of hydrogen-bond donors (Lipinski definition) is 2. The minimum atomic E-state index is -0.361. The molecule has 0 saturated carbocycles. The van der Waals surface area contributed by atoms with Crippen molar-refractivity contribution in [3.8, 4) is 5.88 Å². The van der Waals surface area contributed by atoms with Gasteiger partial charge in [-0.15, -0.1) is 0 Å². The summed E-state index contributed by atoms with van der Waals surface area (Å²) < 4.78 is 5.63. The molecule has 2 N–H and O–H groups in total. The highest BCUT2D eigenvalue weighted by molar-refractivity contribution is 6.03. The molecule has 2 heterocycles. The first-order valence-electron chi connectivity index (χ1n) is 7.88. The molecule has 4 aromatic rings. The van der Waals surface area contributed by atoms with Crippen LogP contribution in [0.3, 0.4) is 0 Å². The van der Waals surface area contributed by atoms with Gasteiger partial charge in [-0.1, -0.05) is 30.3 Å². The molecule has 0 atom stereocenters. The Bertz CT molecular complexity index is 1050. The van der Waals surface area contributed by atoms with Crippen LogP contribution < -0.4 is 10.1 Å². The van der Waals surface area contributed by atoms with Crippen LogP contribution in [0.2, 0.25) is 0 Å². The van der Waals surface area contributed by atoms with Gasteiger partial charge in [0.2, 0.25) is 5.88 Å². The molecule has 0 bridgehead atoms. The van der Waals surface area contributed by atoms with E-state index in [1.807, 2.05) is 30.3 Å². The van der Waals surface area contributed by atoms with Gasteiger partial charge in [0, 0.05) is 11.8 Å². The molecule has 8 nitrogen and oxygen atoms in total. The summed E-state index contributed by atoms with van der Waals surface area (Å²) in [5, 5.41) is 13.3. The topological polar surface area (TPSA) is 106 Å². The van der Waals surface area contributed by atoms with Crippen LogP contribution in [0.1, 0.15) is 16.1 Å². The fourth-order valence-electron chi connectivity index (χ4n) is 2.39. The Morgan fingerprint density at radius 1 is 1.00 bits per heavy atom. The third-order valence-electron chi connectivity index (χ3n) is 3.68. The Kier molecular flexibility index (Phi) is 4.21. The van der Waals surface area contributed by atoms with Crippen LogP contribution in [0.15, 0.2) is 60.9 Å². The van der Waals surface area contributed by atoms with Crippen LogP contribution in [0, 0.1) is 0 Å². The quantitative estimate of drug-likeness (QED) is 0.575. The summed E-state index contributed by atoms with van der Waals surface area (Å²) in [4.78, 5) is 20.5. The summed E-state index contributed by atoms with van der Waals surface area (Å²) in [7, 11) is 0. The van der Waals surface area contributed by atoms with Crippen molar-refractivity contribution in [1.82, 2.24) is 25.4 Å². The molecule has 0 aliphatic rings. The third-order valence-corrected chi connectivity index (χ3v) is 3.68. The predicted molar refractivity (Wildman–Crippen MR) is 94.6 cm³/mol. The van der Waals surface area contributed by atoms with Crippen LogP contribution in [0.4, 0.5) is 5.69 Å². The minimum absolute atomic E-state index is 0.211. The van der Waals surface area contributed by atoms with E-state index in [4.69, 9.17) is 4.74 Å². The van der Waals surface area contributed by atoms with E-state index in [0.29, 0.717) is 23.7 Å². The number of amides is 1. The van der Waals surface area contributed by atoms with Crippen LogP contribution in [-0.4, -0.2) is 31.3 Å². The number of anilines is 1. The van der Waals surface area contributed by atoms with Gasteiger partial charge in [0.05, 0.1) is 0 Å². The second kappa shape index (κ2) is 6.98. The second-order valence-corrected chi connectivity index (χ2v) is 5.50. The number of nitrogens with zero attached hydrogens (tertiary/aromatic N) is 4.